The van der Waals surface area contributed by atoms with Gasteiger partial charge in [0.2, 0.25) is 12.4 Å². The molecule has 5 aromatic rings. The Morgan fingerprint density at radius 2 is 0.902 bits per heavy atom. The first kappa shape index (κ1) is 60.2. The van der Waals surface area contributed by atoms with Gasteiger partial charge in [-0.3, -0.25) is 43.2 Å². The number of carbonyl (C=O) groups is 10. The monoisotopic (exact) mass is 1140 g/mol. The van der Waals surface area contributed by atoms with Crippen molar-refractivity contribution < 1.29 is 114 Å². The summed E-state index contributed by atoms with van der Waals surface area (Å²) in [5.41, 5.74) is -1.60. The summed E-state index contributed by atoms with van der Waals surface area (Å²) in [6.45, 7) is 6.44. The van der Waals surface area contributed by atoms with Gasteiger partial charge in [-0.1, -0.05) is 36.4 Å². The van der Waals surface area contributed by atoms with E-state index in [1.54, 1.807) is 36.4 Å². The summed E-state index contributed by atoms with van der Waals surface area (Å²) < 4.78 is 82.5. The Labute approximate surface area is 465 Å². The molecule has 0 spiro atoms. The average Bonchev–Trinajstić information content (AvgIpc) is 2.23. The second-order valence-corrected chi connectivity index (χ2v) is 18.3. The highest BCUT2D eigenvalue weighted by atomic mass is 16.7. The second-order valence-electron chi connectivity index (χ2n) is 18.3. The van der Waals surface area contributed by atoms with Crippen LogP contribution in [0.5, 0.6) is 17.2 Å². The minimum absolute atomic E-state index is 0.103. The van der Waals surface area contributed by atoms with Crippen molar-refractivity contribution in [3.63, 3.8) is 0 Å². The zero-order chi connectivity index (χ0) is 59.5. The van der Waals surface area contributed by atoms with E-state index in [-0.39, 0.29) is 28.2 Å². The van der Waals surface area contributed by atoms with Crippen LogP contribution in [-0.2, 0) is 85.7 Å². The van der Waals surface area contributed by atoms with E-state index in [1.165, 1.54) is 48.5 Å². The molecule has 0 amide bonds. The van der Waals surface area contributed by atoms with Crippen molar-refractivity contribution in [1.82, 2.24) is 0 Å². The first-order chi connectivity index (χ1) is 39.0. The molecule has 4 aromatic carbocycles. The molecule has 0 bridgehead atoms. The van der Waals surface area contributed by atoms with Crippen LogP contribution < -0.4 is 19.6 Å². The molecule has 7 rings (SSSR count). The van der Waals surface area contributed by atoms with Gasteiger partial charge in [0.25, 0.3) is 0 Å². The third-order valence-electron chi connectivity index (χ3n) is 12.0. The zero-order valence-corrected chi connectivity index (χ0v) is 45.1. The Morgan fingerprint density at radius 1 is 0.463 bits per heavy atom. The van der Waals surface area contributed by atoms with Gasteiger partial charge in [-0.15, -0.1) is 0 Å². The lowest BCUT2D eigenvalue weighted by Crippen LogP contribution is -2.63. The van der Waals surface area contributed by atoms with Gasteiger partial charge in [-0.2, -0.15) is 0 Å². The predicted molar refractivity (Wildman–Crippen MR) is 274 cm³/mol. The van der Waals surface area contributed by atoms with E-state index in [0.29, 0.717) is 0 Å². The molecule has 2 aliphatic rings. The highest BCUT2D eigenvalue weighted by Crippen LogP contribution is 2.49. The average molecular weight is 1140 g/mol. The van der Waals surface area contributed by atoms with Crippen molar-refractivity contribution in [2.24, 2.45) is 0 Å². The molecular weight excluding hydrogens is 1080 g/mol. The van der Waals surface area contributed by atoms with Crippen LogP contribution in [0.25, 0.3) is 22.3 Å². The lowest BCUT2D eigenvalue weighted by molar-refractivity contribution is -0.289. The van der Waals surface area contributed by atoms with Gasteiger partial charge in [0.05, 0.1) is 16.7 Å². The predicted octanol–water partition coefficient (Wildman–Crippen LogP) is 5.16. The van der Waals surface area contributed by atoms with Gasteiger partial charge in [0.1, 0.15) is 59.8 Å². The summed E-state index contributed by atoms with van der Waals surface area (Å²) in [6, 6.07) is 23.3. The molecule has 0 unspecified atom stereocenters. The quantitative estimate of drug-likeness (QED) is 0.0621. The van der Waals surface area contributed by atoms with Gasteiger partial charge >= 0.3 is 59.7 Å². The van der Waals surface area contributed by atoms with Gasteiger partial charge < -0.3 is 66.0 Å². The summed E-state index contributed by atoms with van der Waals surface area (Å²) in [4.78, 5) is 145. The highest BCUT2D eigenvalue weighted by Gasteiger charge is 2.57. The molecule has 82 heavy (non-hydrogen) atoms. The Balaban J connectivity index is 1.55. The summed E-state index contributed by atoms with van der Waals surface area (Å²) in [5.74, 6) is -11.1. The fraction of sp³-hybridized carbons (Fsp3) is 0.351. The van der Waals surface area contributed by atoms with E-state index in [1.807, 2.05) is 0 Å². The second kappa shape index (κ2) is 26.6. The molecule has 25 heteroatoms. The summed E-state index contributed by atoms with van der Waals surface area (Å²) in [5, 5.41) is -0.543. The van der Waals surface area contributed by atoms with Crippen LogP contribution in [0.3, 0.4) is 0 Å². The maximum Gasteiger partial charge on any atom is 0.343 e. The molecule has 10 atom stereocenters. The smallest absolute Gasteiger partial charge is 0.343 e. The van der Waals surface area contributed by atoms with Crippen molar-refractivity contribution in [1.29, 1.82) is 0 Å². The number of hydrogen-bond acceptors (Lipinski definition) is 25. The van der Waals surface area contributed by atoms with Crippen molar-refractivity contribution in [2.45, 2.75) is 117 Å². The van der Waals surface area contributed by atoms with Crippen LogP contribution in [0.15, 0.2) is 106 Å². The fourth-order valence-corrected chi connectivity index (χ4v) is 8.92. The van der Waals surface area contributed by atoms with E-state index >= 15 is 4.79 Å². The number of ether oxygens (including phenoxy) is 13. The maximum atomic E-state index is 15.0. The number of esters is 10. The summed E-state index contributed by atoms with van der Waals surface area (Å²) >= 11 is 0. The van der Waals surface area contributed by atoms with E-state index in [4.69, 9.17) is 66.0 Å². The van der Waals surface area contributed by atoms with Gasteiger partial charge in [-0.05, 0) is 48.5 Å². The van der Waals surface area contributed by atoms with Crippen LogP contribution in [0.1, 0.15) is 87.8 Å². The highest BCUT2D eigenvalue weighted by molar-refractivity contribution is 5.96. The van der Waals surface area contributed by atoms with Crippen LogP contribution in [-0.4, -0.2) is 128 Å². The van der Waals surface area contributed by atoms with Crippen molar-refractivity contribution in [2.75, 3.05) is 13.2 Å². The fourth-order valence-electron chi connectivity index (χ4n) is 8.92. The van der Waals surface area contributed by atoms with Gasteiger partial charge in [0, 0.05) is 73.1 Å². The van der Waals surface area contributed by atoms with Gasteiger partial charge in [0.15, 0.2) is 41.7 Å². The number of rotatable bonds is 18. The van der Waals surface area contributed by atoms with Gasteiger partial charge in [-0.25, -0.2) is 9.59 Å². The normalized spacial score (nSPS) is 22.0. The minimum atomic E-state index is -2.11. The largest absolute Gasteiger partial charge is 0.463 e. The third kappa shape index (κ3) is 15.0. The Kier molecular flexibility index (Phi) is 19.5. The molecular formula is C57H54O25. The van der Waals surface area contributed by atoms with Crippen LogP contribution in [0, 0.1) is 0 Å². The van der Waals surface area contributed by atoms with E-state index in [9.17, 15) is 47.9 Å². The van der Waals surface area contributed by atoms with E-state index in [0.717, 1.165) is 67.5 Å². The lowest BCUT2D eigenvalue weighted by Gasteiger charge is -2.46. The lowest BCUT2D eigenvalue weighted by atomic mass is 9.88. The molecule has 2 fully saturated rings. The van der Waals surface area contributed by atoms with Crippen molar-refractivity contribution >= 4 is 70.7 Å². The molecule has 0 N–H and O–H groups in total. The SMILES string of the molecule is CC(=O)OC[C@H]1O[C@@H](c2c(O[C@@H]3O[C@H](COC(C)=O)[C@@H](OC(C)=O)[C@H](OC(C)=O)[C@H]3OC(C)=O)cc3oc(-c4ccc(OC(=O)c5ccccc5)cc4)cc(=O)c3c2OC(=O)c2ccccc2)[C@H](OC(C)=O)[C@@H](OC(C)=O)[C@@H]1OC(C)=O. The van der Waals surface area contributed by atoms with E-state index in [2.05, 4.69) is 0 Å². The molecule has 2 saturated heterocycles. The first-order valence-corrected chi connectivity index (χ1v) is 25.0. The van der Waals surface area contributed by atoms with E-state index < -0.39 is 168 Å². The molecule has 0 saturated carbocycles. The van der Waals surface area contributed by atoms with Crippen molar-refractivity contribution in [3.05, 3.63) is 124 Å². The third-order valence-corrected chi connectivity index (χ3v) is 12.0. The molecule has 1 aromatic heterocycles. The standard InChI is InChI=1S/C57H54O25/c1-27(58)69-25-43-47(71-29(3)60)51(73-31(5)62)53(75-33(7)64)50(79-43)46-42(80-57-54(76-34(8)65)52(74-32(6)63)48(72-30(4)61)44(81-57)26-70-28(2)59)24-41-45(49(46)82-56(68)37-17-13-10-14-18-37)39(66)23-40(78-41)35-19-21-38(22-20-35)77-55(67)36-15-11-9-12-16-36/h9-24,43-44,47-48,50-54,57H,25-26H2,1-8H3/t43-,44-,47-,48-,50+,51+,52+,53+,54-,57-/m1/s1. The summed E-state index contributed by atoms with van der Waals surface area (Å²) in [7, 11) is 0. The van der Waals surface area contributed by atoms with Crippen LogP contribution in [0.2, 0.25) is 0 Å². The molecule has 3 heterocycles. The topological polar surface area (TPSA) is 321 Å². The Bertz CT molecular complexity index is 3300. The molecule has 25 nitrogen and oxygen atoms in total. The van der Waals surface area contributed by atoms with Crippen molar-refractivity contribution in [3.8, 4) is 28.6 Å². The summed E-state index contributed by atoms with van der Waals surface area (Å²) in [6.07, 6.45) is -18.6. The maximum absolute atomic E-state index is 15.0. The zero-order valence-electron chi connectivity index (χ0n) is 45.1. The van der Waals surface area contributed by atoms with Crippen LogP contribution >= 0.6 is 0 Å². The Hall–Kier alpha value is -9.49. The number of fused-ring (bicyclic) bond motifs is 1. The number of hydrogen-bond donors (Lipinski definition) is 0. The molecule has 432 valence electrons. The Morgan fingerprint density at radius 3 is 1.39 bits per heavy atom. The molecule has 0 aliphatic carbocycles. The van der Waals surface area contributed by atoms with Crippen LogP contribution in [0.4, 0.5) is 0 Å². The number of carbonyl (C=O) groups excluding carboxylic acids is 10. The number of benzene rings is 4. The first-order valence-electron chi connectivity index (χ1n) is 25.0. The minimum Gasteiger partial charge on any atom is -0.463 e. The molecule has 0 radical (unpaired) electrons. The molecule has 2 aliphatic heterocycles.